The van der Waals surface area contributed by atoms with Crippen LogP contribution in [0.1, 0.15) is 111 Å². The molecule has 0 bridgehead atoms. The fourth-order valence-electron chi connectivity index (χ4n) is 6.07. The monoisotopic (exact) mass is 1250 g/mol. The molecule has 32 heteroatoms. The van der Waals surface area contributed by atoms with Crippen molar-refractivity contribution in [3.63, 3.8) is 0 Å². The lowest BCUT2D eigenvalue weighted by atomic mass is 10.1. The Balaban J connectivity index is 0.000000271. The first-order valence-corrected chi connectivity index (χ1v) is 25.4. The van der Waals surface area contributed by atoms with Crippen LogP contribution < -0.4 is 0 Å². The van der Waals surface area contributed by atoms with E-state index < -0.39 is 53.7 Å². The van der Waals surface area contributed by atoms with Crippen LogP contribution in [-0.4, -0.2) is 169 Å². The topological polar surface area (TPSA) is 516 Å². The number of hydrogen-bond donors (Lipinski definition) is 9. The van der Waals surface area contributed by atoms with Gasteiger partial charge < -0.3 is 46.0 Å². The molecule has 0 saturated heterocycles. The second-order valence-corrected chi connectivity index (χ2v) is 16.8. The Kier molecular flexibility index (Phi) is 30.7. The molecule has 11 aromatic rings. The van der Waals surface area contributed by atoms with Gasteiger partial charge in [-0.05, 0) is 98.6 Å². The zero-order chi connectivity index (χ0) is 68.0. The average molecular weight is 1260 g/mol. The summed E-state index contributed by atoms with van der Waals surface area (Å²) in [4.78, 5) is 143. The highest BCUT2D eigenvalue weighted by Gasteiger charge is 2.10. The van der Waals surface area contributed by atoms with Crippen molar-refractivity contribution in [2.45, 2.75) is 20.8 Å². The summed E-state index contributed by atoms with van der Waals surface area (Å²) in [5.41, 5.74) is 4.21. The van der Waals surface area contributed by atoms with E-state index >= 15 is 0 Å². The van der Waals surface area contributed by atoms with Crippen molar-refractivity contribution >= 4 is 75.5 Å². The van der Waals surface area contributed by atoms with Crippen LogP contribution in [0.5, 0.6) is 0 Å². The largest absolute Gasteiger partial charge is 0.478 e. The highest BCUT2D eigenvalue weighted by atomic mass is 16.4. The van der Waals surface area contributed by atoms with Crippen molar-refractivity contribution in [1.29, 1.82) is 0 Å². The van der Waals surface area contributed by atoms with Crippen LogP contribution in [-0.2, 0) is 0 Å². The molecule has 2 aromatic carbocycles. The number of para-hydroxylation sites is 2. The summed E-state index contributed by atoms with van der Waals surface area (Å²) >= 11 is 0. The maximum atomic E-state index is 10.8. The number of carbonyl (C=O) groups is 9. The van der Waals surface area contributed by atoms with Gasteiger partial charge in [0.25, 0.3) is 0 Å². The molecule has 0 fully saturated rings. The molecule has 0 spiro atoms. The number of fused-ring (bicyclic) bond motifs is 2. The van der Waals surface area contributed by atoms with Gasteiger partial charge in [0, 0.05) is 66.0 Å². The minimum atomic E-state index is -1.14. The number of hydrogen-bond acceptors (Lipinski definition) is 23. The van der Waals surface area contributed by atoms with E-state index in [9.17, 15) is 43.2 Å². The predicted molar refractivity (Wildman–Crippen MR) is 319 cm³/mol. The standard InChI is InChI=1S/2C10H7NO2.3C7H7NO2.3C5H4N2O2.C4H3N3O2/c12-10(13)8-5-1-3-7-4-2-6-11-9(7)8;12-10(13)9-6-5-7-3-1-2-4-8(7)11-9;1-5-2-3-8-6(4-5)7(9)10;1-5-3-2-4-8-6(5)7(9)10;1-5-3-2-4-6(8-5)7(9)10;8-5(9)4-3-6-1-2-7-4;8-5(9)4-1-2-6-3-7-4;8-5(9)4-6-2-1-3-7-4;8-4(9)3-6-1-5-2-7-3/h2*1-6H,(H,12,13);3*2-4H,1H3,(H,9,10);3*1-3H,(H,8,9);1-2H,(H,8,9). The van der Waals surface area contributed by atoms with E-state index in [2.05, 4.69) is 69.8 Å². The Morgan fingerprint density at radius 1 is 0.326 bits per heavy atom. The zero-order valence-electron chi connectivity index (χ0n) is 47.9. The third-order valence-electron chi connectivity index (χ3n) is 10.2. The minimum absolute atomic E-state index is 0.0185. The third kappa shape index (κ3) is 27.1. The first-order chi connectivity index (χ1) is 43.9. The van der Waals surface area contributed by atoms with Gasteiger partial charge in [-0.2, -0.15) is 0 Å². The van der Waals surface area contributed by atoms with Crippen molar-refractivity contribution in [1.82, 2.24) is 69.8 Å². The fraction of sp³-hybridized carbons (Fsp3) is 0.0500. The molecule has 11 rings (SSSR count). The molecule has 0 saturated carbocycles. The number of benzene rings is 2. The fourth-order valence-corrected chi connectivity index (χ4v) is 6.07. The van der Waals surface area contributed by atoms with Crippen LogP contribution in [0, 0.1) is 20.8 Å². The van der Waals surface area contributed by atoms with Gasteiger partial charge in [-0.25, -0.2) is 103 Å². The van der Waals surface area contributed by atoms with Gasteiger partial charge in [0.15, 0.2) is 17.1 Å². The number of aromatic nitrogens is 14. The summed E-state index contributed by atoms with van der Waals surface area (Å²) in [7, 11) is 0. The smallest absolute Gasteiger partial charge is 0.374 e. The molecule has 32 nitrogen and oxygen atoms in total. The molecule has 0 radical (unpaired) electrons. The van der Waals surface area contributed by atoms with E-state index in [1.165, 1.54) is 80.2 Å². The maximum Gasteiger partial charge on any atom is 0.374 e. The van der Waals surface area contributed by atoms with Crippen molar-refractivity contribution in [2.24, 2.45) is 0 Å². The highest BCUT2D eigenvalue weighted by Crippen LogP contribution is 2.16. The van der Waals surface area contributed by atoms with Crippen LogP contribution in [0.4, 0.5) is 0 Å². The SMILES string of the molecule is Cc1cccc(C(=O)O)n1.Cc1cccnc1C(=O)O.Cc1ccnc(C(=O)O)c1.O=C(O)c1ccc2ccccc2n1.O=C(O)c1cccc2cccnc12.O=C(O)c1ccncn1.O=C(O)c1cnccn1.O=C(O)c1ncccn1.O=C(O)c1ncncn1. The summed E-state index contributed by atoms with van der Waals surface area (Å²) < 4.78 is 0. The average Bonchev–Trinajstić information content (AvgIpc) is 0.938. The molecule has 0 aliphatic heterocycles. The Labute approximate surface area is 517 Å². The van der Waals surface area contributed by atoms with Gasteiger partial charge in [-0.1, -0.05) is 54.6 Å². The number of rotatable bonds is 9. The molecule has 0 aliphatic rings. The van der Waals surface area contributed by atoms with E-state index in [-0.39, 0.29) is 51.4 Å². The molecule has 0 unspecified atom stereocenters. The van der Waals surface area contributed by atoms with Gasteiger partial charge in [0.05, 0.1) is 22.8 Å². The van der Waals surface area contributed by atoms with E-state index in [0.29, 0.717) is 16.6 Å². The van der Waals surface area contributed by atoms with E-state index in [0.717, 1.165) is 34.7 Å². The molecule has 0 amide bonds. The van der Waals surface area contributed by atoms with Crippen LogP contribution >= 0.6 is 0 Å². The highest BCUT2D eigenvalue weighted by molar-refractivity contribution is 6.01. The van der Waals surface area contributed by atoms with E-state index in [1.807, 2.05) is 37.3 Å². The molecule has 92 heavy (non-hydrogen) atoms. The van der Waals surface area contributed by atoms with Crippen molar-refractivity contribution in [3.05, 3.63) is 264 Å². The minimum Gasteiger partial charge on any atom is -0.478 e. The second kappa shape index (κ2) is 39.0. The lowest BCUT2D eigenvalue weighted by Crippen LogP contribution is -2.02. The summed E-state index contributed by atoms with van der Waals surface area (Å²) in [6.45, 7) is 5.30. The lowest BCUT2D eigenvalue weighted by Gasteiger charge is -1.99. The van der Waals surface area contributed by atoms with Crippen molar-refractivity contribution < 1.29 is 89.1 Å². The second-order valence-electron chi connectivity index (χ2n) is 16.8. The molecular weight excluding hydrogens is 1200 g/mol. The summed E-state index contributed by atoms with van der Waals surface area (Å²) in [6, 6.07) is 33.9. The zero-order valence-corrected chi connectivity index (χ0v) is 47.9. The summed E-state index contributed by atoms with van der Waals surface area (Å²) in [5.74, 6) is -9.60. The normalized spacial score (nSPS) is 9.38. The van der Waals surface area contributed by atoms with Gasteiger partial charge >= 0.3 is 53.7 Å². The van der Waals surface area contributed by atoms with Crippen molar-refractivity contribution in [2.75, 3.05) is 0 Å². The molecule has 9 N–H and O–H groups in total. The molecule has 9 heterocycles. The van der Waals surface area contributed by atoms with Crippen LogP contribution in [0.3, 0.4) is 0 Å². The summed E-state index contributed by atoms with van der Waals surface area (Å²) in [5, 5.41) is 77.8. The Hall–Kier alpha value is -13.8. The molecular formula is C60H50N14O18. The quantitative estimate of drug-likeness (QED) is 0.0688. The number of aryl methyl sites for hydroxylation is 3. The Morgan fingerprint density at radius 3 is 1.36 bits per heavy atom. The first kappa shape index (κ1) is 72.4. The number of carboxylic acids is 9. The molecule has 0 aliphatic carbocycles. The molecule has 468 valence electrons. The van der Waals surface area contributed by atoms with Gasteiger partial charge in [0.1, 0.15) is 36.1 Å². The van der Waals surface area contributed by atoms with Crippen LogP contribution in [0.2, 0.25) is 0 Å². The lowest BCUT2D eigenvalue weighted by molar-refractivity contribution is 0.0672. The Bertz CT molecular complexity index is 3980. The number of carboxylic acid groups (broad SMARTS) is 9. The van der Waals surface area contributed by atoms with E-state index in [1.54, 1.807) is 86.8 Å². The number of pyridine rings is 5. The molecule has 0 atom stereocenters. The van der Waals surface area contributed by atoms with E-state index in [4.69, 9.17) is 46.0 Å². The van der Waals surface area contributed by atoms with Crippen LogP contribution in [0.15, 0.2) is 196 Å². The first-order valence-electron chi connectivity index (χ1n) is 25.4. The van der Waals surface area contributed by atoms with Gasteiger partial charge in [-0.3, -0.25) is 9.97 Å². The predicted octanol–water partition coefficient (Wildman–Crippen LogP) is 7.22. The third-order valence-corrected chi connectivity index (χ3v) is 10.2. The van der Waals surface area contributed by atoms with Crippen molar-refractivity contribution in [3.8, 4) is 0 Å². The summed E-state index contributed by atoms with van der Waals surface area (Å²) in [6.07, 6.45) is 16.1. The maximum absolute atomic E-state index is 10.8. The van der Waals surface area contributed by atoms with Gasteiger partial charge in [-0.15, -0.1) is 0 Å². The Morgan fingerprint density at radius 2 is 0.880 bits per heavy atom. The number of nitrogens with zero attached hydrogens (tertiary/aromatic N) is 14. The number of aromatic carboxylic acids is 9. The van der Waals surface area contributed by atoms with Gasteiger partial charge in [0.2, 0.25) is 11.6 Å². The van der Waals surface area contributed by atoms with Crippen LogP contribution in [0.25, 0.3) is 21.8 Å². The molecule has 9 aromatic heterocycles.